The van der Waals surface area contributed by atoms with Gasteiger partial charge in [0.1, 0.15) is 0 Å². The Morgan fingerprint density at radius 2 is 2.00 bits per heavy atom. The standard InChI is InChI=1S/C10H14O3S2/c1-7(11)8-4-5-9(14-2)10(6-8)15(3,12)13/h4-7,11H,1-3H3. The van der Waals surface area contributed by atoms with Gasteiger partial charge in [0.25, 0.3) is 0 Å². The zero-order valence-corrected chi connectivity index (χ0v) is 10.5. The van der Waals surface area contributed by atoms with Gasteiger partial charge in [-0.1, -0.05) is 6.07 Å². The summed E-state index contributed by atoms with van der Waals surface area (Å²) in [6.07, 6.45) is 2.35. The summed E-state index contributed by atoms with van der Waals surface area (Å²) in [4.78, 5) is 0.996. The molecule has 1 atom stereocenters. The Morgan fingerprint density at radius 3 is 2.40 bits per heavy atom. The fourth-order valence-electron chi connectivity index (χ4n) is 1.24. The van der Waals surface area contributed by atoms with Crippen molar-refractivity contribution in [1.29, 1.82) is 0 Å². The van der Waals surface area contributed by atoms with Gasteiger partial charge in [-0.05, 0) is 30.9 Å². The normalized spacial score (nSPS) is 13.9. The van der Waals surface area contributed by atoms with Gasteiger partial charge in [0.15, 0.2) is 9.84 Å². The summed E-state index contributed by atoms with van der Waals surface area (Å²) in [5.41, 5.74) is 0.619. The summed E-state index contributed by atoms with van der Waals surface area (Å²) in [6, 6.07) is 5.00. The molecule has 1 aromatic rings. The van der Waals surface area contributed by atoms with E-state index in [0.717, 1.165) is 0 Å². The lowest BCUT2D eigenvalue weighted by Crippen LogP contribution is -2.02. The van der Waals surface area contributed by atoms with E-state index in [-0.39, 0.29) is 4.90 Å². The van der Waals surface area contributed by atoms with Crippen LogP contribution in [0, 0.1) is 0 Å². The Morgan fingerprint density at radius 1 is 1.40 bits per heavy atom. The lowest BCUT2D eigenvalue weighted by atomic mass is 10.1. The van der Waals surface area contributed by atoms with Crippen LogP contribution in [0.5, 0.6) is 0 Å². The number of benzene rings is 1. The Kier molecular flexibility index (Phi) is 3.81. The van der Waals surface area contributed by atoms with Gasteiger partial charge in [-0.2, -0.15) is 0 Å². The third-order valence-corrected chi connectivity index (χ3v) is 4.13. The molecule has 84 valence electrons. The molecule has 15 heavy (non-hydrogen) atoms. The molecule has 1 rings (SSSR count). The van der Waals surface area contributed by atoms with Crippen LogP contribution in [0.25, 0.3) is 0 Å². The summed E-state index contributed by atoms with van der Waals surface area (Å²) >= 11 is 1.38. The van der Waals surface area contributed by atoms with Gasteiger partial charge < -0.3 is 5.11 Å². The number of hydrogen-bond acceptors (Lipinski definition) is 4. The molecule has 3 nitrogen and oxygen atoms in total. The van der Waals surface area contributed by atoms with Crippen molar-refractivity contribution in [2.24, 2.45) is 0 Å². The monoisotopic (exact) mass is 246 g/mol. The summed E-state index contributed by atoms with van der Waals surface area (Å²) in [7, 11) is -3.23. The van der Waals surface area contributed by atoms with Crippen molar-refractivity contribution in [3.63, 3.8) is 0 Å². The number of sulfone groups is 1. The molecule has 0 aromatic heterocycles. The number of thioether (sulfide) groups is 1. The van der Waals surface area contributed by atoms with Crippen molar-refractivity contribution in [3.8, 4) is 0 Å². The molecule has 1 unspecified atom stereocenters. The number of rotatable bonds is 3. The highest BCUT2D eigenvalue weighted by Gasteiger charge is 2.14. The molecule has 0 amide bonds. The average Bonchev–Trinajstić information content (AvgIpc) is 2.15. The van der Waals surface area contributed by atoms with Gasteiger partial charge in [0.05, 0.1) is 11.0 Å². The van der Waals surface area contributed by atoms with E-state index in [4.69, 9.17) is 0 Å². The van der Waals surface area contributed by atoms with Crippen LogP contribution in [0.4, 0.5) is 0 Å². The predicted molar refractivity (Wildman–Crippen MR) is 62.0 cm³/mol. The first-order valence-electron chi connectivity index (χ1n) is 4.42. The van der Waals surface area contributed by atoms with Crippen molar-refractivity contribution in [2.45, 2.75) is 22.8 Å². The van der Waals surface area contributed by atoms with E-state index in [1.54, 1.807) is 19.1 Å². The topological polar surface area (TPSA) is 54.4 Å². The maximum atomic E-state index is 11.5. The van der Waals surface area contributed by atoms with Crippen LogP contribution < -0.4 is 0 Å². The molecule has 0 heterocycles. The van der Waals surface area contributed by atoms with E-state index in [1.807, 2.05) is 6.26 Å². The summed E-state index contributed by atoms with van der Waals surface area (Å²) in [6.45, 7) is 1.61. The second-order valence-electron chi connectivity index (χ2n) is 3.36. The van der Waals surface area contributed by atoms with Crippen LogP contribution in [0.2, 0.25) is 0 Å². The number of hydrogen-bond donors (Lipinski definition) is 1. The molecule has 0 aliphatic heterocycles. The molecule has 0 aliphatic rings. The van der Waals surface area contributed by atoms with E-state index in [9.17, 15) is 13.5 Å². The number of aliphatic hydroxyl groups excluding tert-OH is 1. The third kappa shape index (κ3) is 2.96. The van der Waals surface area contributed by atoms with Crippen molar-refractivity contribution in [1.82, 2.24) is 0 Å². The van der Waals surface area contributed by atoms with E-state index in [2.05, 4.69) is 0 Å². The molecule has 0 aliphatic carbocycles. The Balaban J connectivity index is 3.39. The Labute approximate surface area is 94.4 Å². The van der Waals surface area contributed by atoms with Crippen LogP contribution in [0.3, 0.4) is 0 Å². The fourth-order valence-corrected chi connectivity index (χ4v) is 3.19. The molecular formula is C10H14O3S2. The average molecular weight is 246 g/mol. The predicted octanol–water partition coefficient (Wildman–Crippen LogP) is 1.87. The summed E-state index contributed by atoms with van der Waals surface area (Å²) in [5, 5.41) is 9.38. The van der Waals surface area contributed by atoms with Crippen LogP contribution in [0.1, 0.15) is 18.6 Å². The van der Waals surface area contributed by atoms with Crippen molar-refractivity contribution < 1.29 is 13.5 Å². The summed E-state index contributed by atoms with van der Waals surface area (Å²) in [5.74, 6) is 0. The van der Waals surface area contributed by atoms with Gasteiger partial charge in [-0.15, -0.1) is 11.8 Å². The van der Waals surface area contributed by atoms with E-state index in [1.165, 1.54) is 24.1 Å². The van der Waals surface area contributed by atoms with Gasteiger partial charge in [0.2, 0.25) is 0 Å². The Bertz CT molecular complexity index is 450. The van der Waals surface area contributed by atoms with Gasteiger partial charge in [-0.25, -0.2) is 8.42 Å². The van der Waals surface area contributed by atoms with Gasteiger partial charge >= 0.3 is 0 Å². The number of aliphatic hydroxyl groups is 1. The highest BCUT2D eigenvalue weighted by molar-refractivity contribution is 7.99. The quantitative estimate of drug-likeness (QED) is 0.827. The zero-order valence-electron chi connectivity index (χ0n) is 8.89. The third-order valence-electron chi connectivity index (χ3n) is 2.07. The molecule has 0 saturated heterocycles. The lowest BCUT2D eigenvalue weighted by Gasteiger charge is -2.10. The largest absolute Gasteiger partial charge is 0.389 e. The maximum Gasteiger partial charge on any atom is 0.176 e. The van der Waals surface area contributed by atoms with E-state index < -0.39 is 15.9 Å². The fraction of sp³-hybridized carbons (Fsp3) is 0.400. The molecule has 0 radical (unpaired) electrons. The minimum atomic E-state index is -3.23. The lowest BCUT2D eigenvalue weighted by molar-refractivity contribution is 0.199. The van der Waals surface area contributed by atoms with E-state index >= 15 is 0 Å². The second kappa shape index (κ2) is 4.55. The highest BCUT2D eigenvalue weighted by atomic mass is 32.2. The molecule has 1 N–H and O–H groups in total. The molecule has 0 bridgehead atoms. The second-order valence-corrected chi connectivity index (χ2v) is 6.19. The highest BCUT2D eigenvalue weighted by Crippen LogP contribution is 2.27. The van der Waals surface area contributed by atoms with Crippen LogP contribution in [-0.2, 0) is 9.84 Å². The van der Waals surface area contributed by atoms with E-state index in [0.29, 0.717) is 10.5 Å². The summed E-state index contributed by atoms with van der Waals surface area (Å²) < 4.78 is 23.0. The van der Waals surface area contributed by atoms with Crippen LogP contribution in [0.15, 0.2) is 28.0 Å². The smallest absolute Gasteiger partial charge is 0.176 e. The minimum Gasteiger partial charge on any atom is -0.389 e. The first kappa shape index (κ1) is 12.5. The maximum absolute atomic E-state index is 11.5. The molecular weight excluding hydrogens is 232 g/mol. The van der Waals surface area contributed by atoms with Crippen molar-refractivity contribution >= 4 is 21.6 Å². The zero-order chi connectivity index (χ0) is 11.6. The van der Waals surface area contributed by atoms with Crippen molar-refractivity contribution in [2.75, 3.05) is 12.5 Å². The first-order valence-corrected chi connectivity index (χ1v) is 7.54. The molecule has 0 fully saturated rings. The van der Waals surface area contributed by atoms with Gasteiger partial charge in [0, 0.05) is 11.2 Å². The molecule has 1 aromatic carbocycles. The van der Waals surface area contributed by atoms with Crippen LogP contribution in [-0.4, -0.2) is 26.0 Å². The Hall–Kier alpha value is -0.520. The van der Waals surface area contributed by atoms with Crippen LogP contribution >= 0.6 is 11.8 Å². The molecule has 0 saturated carbocycles. The SMILES string of the molecule is CSc1ccc(C(C)O)cc1S(C)(=O)=O. The molecule has 5 heteroatoms. The van der Waals surface area contributed by atoms with Gasteiger partial charge in [-0.3, -0.25) is 0 Å². The minimum absolute atomic E-state index is 0.286. The molecule has 0 spiro atoms. The first-order chi connectivity index (χ1) is 6.86. The van der Waals surface area contributed by atoms with Crippen molar-refractivity contribution in [3.05, 3.63) is 23.8 Å².